The Labute approximate surface area is 167 Å². The number of hydrogen-bond donors (Lipinski definition) is 2. The summed E-state index contributed by atoms with van der Waals surface area (Å²) in [5, 5.41) is 5.77. The van der Waals surface area contributed by atoms with E-state index in [1.807, 2.05) is 48.5 Å². The van der Waals surface area contributed by atoms with E-state index >= 15 is 0 Å². The van der Waals surface area contributed by atoms with Gasteiger partial charge in [-0.05, 0) is 37.3 Å². The van der Waals surface area contributed by atoms with Gasteiger partial charge in [-0.25, -0.2) is 0 Å². The Balaban J connectivity index is 1.48. The Kier molecular flexibility index (Phi) is 3.98. The molecule has 0 aromatic heterocycles. The van der Waals surface area contributed by atoms with Crippen LogP contribution in [0.25, 0.3) is 0 Å². The van der Waals surface area contributed by atoms with Gasteiger partial charge in [0.15, 0.2) is 6.10 Å². The Morgan fingerprint density at radius 3 is 2.28 bits per heavy atom. The maximum Gasteiger partial charge on any atom is 0.265 e. The molecule has 5 rings (SSSR count). The molecule has 2 aliphatic heterocycles. The number of ether oxygens (including phenoxy) is 2. The highest BCUT2D eigenvalue weighted by Gasteiger charge is 2.32. The third-order valence-electron chi connectivity index (χ3n) is 5.12. The standard InChI is InChI=1S/C23H18N2O4/c1-13-22(26)25-17-12-14(10-11-20(17)28-13)24-23(27)21-15-6-2-4-8-18(15)29-19-9-5-3-7-16(19)21/h2-13,21H,1H3,(H,24,27)(H,25,26). The van der Waals surface area contributed by atoms with Crippen LogP contribution in [0.4, 0.5) is 11.4 Å². The second-order valence-electron chi connectivity index (χ2n) is 7.06. The predicted octanol–water partition coefficient (Wildman–Crippen LogP) is 4.28. The smallest absolute Gasteiger partial charge is 0.265 e. The van der Waals surface area contributed by atoms with Crippen molar-refractivity contribution < 1.29 is 19.1 Å². The lowest BCUT2D eigenvalue weighted by molar-refractivity contribution is -0.122. The van der Waals surface area contributed by atoms with E-state index in [2.05, 4.69) is 10.6 Å². The van der Waals surface area contributed by atoms with Crippen LogP contribution < -0.4 is 20.1 Å². The van der Waals surface area contributed by atoms with Crippen molar-refractivity contribution in [2.24, 2.45) is 0 Å². The summed E-state index contributed by atoms with van der Waals surface area (Å²) in [7, 11) is 0. The quantitative estimate of drug-likeness (QED) is 0.689. The zero-order valence-electron chi connectivity index (χ0n) is 15.6. The van der Waals surface area contributed by atoms with Gasteiger partial charge in [-0.15, -0.1) is 0 Å². The summed E-state index contributed by atoms with van der Waals surface area (Å²) in [4.78, 5) is 25.2. The van der Waals surface area contributed by atoms with E-state index in [1.54, 1.807) is 25.1 Å². The number of benzene rings is 3. The number of fused-ring (bicyclic) bond motifs is 3. The van der Waals surface area contributed by atoms with Crippen LogP contribution in [-0.2, 0) is 9.59 Å². The topological polar surface area (TPSA) is 76.7 Å². The van der Waals surface area contributed by atoms with Crippen LogP contribution in [0.15, 0.2) is 66.7 Å². The van der Waals surface area contributed by atoms with Crippen LogP contribution in [-0.4, -0.2) is 17.9 Å². The molecule has 3 aromatic rings. The molecule has 1 unspecified atom stereocenters. The van der Waals surface area contributed by atoms with E-state index in [-0.39, 0.29) is 11.8 Å². The number of rotatable bonds is 2. The van der Waals surface area contributed by atoms with Crippen LogP contribution in [0, 0.1) is 0 Å². The predicted molar refractivity (Wildman–Crippen MR) is 109 cm³/mol. The summed E-state index contributed by atoms with van der Waals surface area (Å²) in [6.45, 7) is 1.69. The zero-order valence-corrected chi connectivity index (χ0v) is 15.6. The molecular weight excluding hydrogens is 368 g/mol. The minimum Gasteiger partial charge on any atom is -0.479 e. The van der Waals surface area contributed by atoms with Crippen LogP contribution in [0.3, 0.4) is 0 Å². The fourth-order valence-corrected chi connectivity index (χ4v) is 3.69. The van der Waals surface area contributed by atoms with Gasteiger partial charge in [0, 0.05) is 16.8 Å². The Bertz CT molecular complexity index is 1100. The fraction of sp³-hybridized carbons (Fsp3) is 0.130. The second-order valence-corrected chi connectivity index (χ2v) is 7.06. The molecule has 0 saturated heterocycles. The number of carbonyl (C=O) groups is 2. The molecule has 0 fully saturated rings. The first-order valence-corrected chi connectivity index (χ1v) is 9.38. The van der Waals surface area contributed by atoms with Gasteiger partial charge in [-0.1, -0.05) is 36.4 Å². The van der Waals surface area contributed by atoms with E-state index in [9.17, 15) is 9.59 Å². The number of amides is 2. The number of para-hydroxylation sites is 2. The first-order chi connectivity index (χ1) is 14.1. The Morgan fingerprint density at radius 1 is 0.931 bits per heavy atom. The van der Waals surface area contributed by atoms with Gasteiger partial charge in [-0.2, -0.15) is 0 Å². The van der Waals surface area contributed by atoms with Crippen molar-refractivity contribution in [1.29, 1.82) is 0 Å². The van der Waals surface area contributed by atoms with Crippen molar-refractivity contribution in [3.8, 4) is 17.2 Å². The number of nitrogens with one attached hydrogen (secondary N) is 2. The van der Waals surface area contributed by atoms with E-state index in [0.29, 0.717) is 28.6 Å². The van der Waals surface area contributed by atoms with Gasteiger partial charge in [0.25, 0.3) is 5.91 Å². The molecule has 2 aliphatic rings. The number of carbonyl (C=O) groups excluding carboxylic acids is 2. The molecule has 144 valence electrons. The van der Waals surface area contributed by atoms with Crippen molar-refractivity contribution in [3.63, 3.8) is 0 Å². The third-order valence-corrected chi connectivity index (χ3v) is 5.12. The lowest BCUT2D eigenvalue weighted by Gasteiger charge is -2.28. The molecule has 6 nitrogen and oxygen atoms in total. The van der Waals surface area contributed by atoms with Crippen LogP contribution >= 0.6 is 0 Å². The van der Waals surface area contributed by atoms with E-state index in [4.69, 9.17) is 9.47 Å². The minimum absolute atomic E-state index is 0.176. The van der Waals surface area contributed by atoms with Crippen molar-refractivity contribution in [2.75, 3.05) is 10.6 Å². The highest BCUT2D eigenvalue weighted by molar-refractivity contribution is 6.02. The monoisotopic (exact) mass is 386 g/mol. The summed E-state index contributed by atoms with van der Waals surface area (Å²) in [5.74, 6) is 1.03. The summed E-state index contributed by atoms with van der Waals surface area (Å²) in [5.41, 5.74) is 2.74. The molecule has 2 N–H and O–H groups in total. The molecule has 29 heavy (non-hydrogen) atoms. The van der Waals surface area contributed by atoms with E-state index in [1.165, 1.54) is 0 Å². The van der Waals surface area contributed by atoms with Gasteiger partial charge in [0.1, 0.15) is 17.2 Å². The van der Waals surface area contributed by atoms with E-state index < -0.39 is 12.0 Å². The van der Waals surface area contributed by atoms with Crippen molar-refractivity contribution in [1.82, 2.24) is 0 Å². The zero-order chi connectivity index (χ0) is 20.0. The summed E-state index contributed by atoms with van der Waals surface area (Å²) in [6.07, 6.45) is -0.543. The molecular formula is C23H18N2O4. The summed E-state index contributed by atoms with van der Waals surface area (Å²) >= 11 is 0. The van der Waals surface area contributed by atoms with Crippen molar-refractivity contribution in [3.05, 3.63) is 77.9 Å². The van der Waals surface area contributed by atoms with Crippen LogP contribution in [0.2, 0.25) is 0 Å². The Morgan fingerprint density at radius 2 is 1.59 bits per heavy atom. The lowest BCUT2D eigenvalue weighted by Crippen LogP contribution is -2.34. The third kappa shape index (κ3) is 2.99. The summed E-state index contributed by atoms with van der Waals surface area (Å²) < 4.78 is 11.5. The maximum absolute atomic E-state index is 13.3. The molecule has 2 heterocycles. The molecule has 0 radical (unpaired) electrons. The van der Waals surface area contributed by atoms with Gasteiger partial charge in [0.2, 0.25) is 5.91 Å². The van der Waals surface area contributed by atoms with Gasteiger partial charge >= 0.3 is 0 Å². The van der Waals surface area contributed by atoms with E-state index in [0.717, 1.165) is 11.1 Å². The molecule has 1 atom stereocenters. The molecule has 0 spiro atoms. The largest absolute Gasteiger partial charge is 0.479 e. The van der Waals surface area contributed by atoms with Gasteiger partial charge in [0.05, 0.1) is 11.6 Å². The van der Waals surface area contributed by atoms with Gasteiger partial charge in [-0.3, -0.25) is 9.59 Å². The molecule has 3 aromatic carbocycles. The van der Waals surface area contributed by atoms with Crippen molar-refractivity contribution in [2.45, 2.75) is 18.9 Å². The fourth-order valence-electron chi connectivity index (χ4n) is 3.69. The first-order valence-electron chi connectivity index (χ1n) is 9.38. The number of anilines is 2. The molecule has 0 saturated carbocycles. The average Bonchev–Trinajstić information content (AvgIpc) is 2.73. The molecule has 6 heteroatoms. The highest BCUT2D eigenvalue weighted by atomic mass is 16.5. The van der Waals surface area contributed by atoms with Crippen LogP contribution in [0.5, 0.6) is 17.2 Å². The van der Waals surface area contributed by atoms with Crippen LogP contribution in [0.1, 0.15) is 24.0 Å². The normalized spacial score (nSPS) is 17.0. The average molecular weight is 386 g/mol. The first kappa shape index (κ1) is 17.3. The summed E-state index contributed by atoms with van der Waals surface area (Å²) in [6, 6.07) is 20.3. The molecule has 0 bridgehead atoms. The Hall–Kier alpha value is -3.80. The molecule has 0 aliphatic carbocycles. The van der Waals surface area contributed by atoms with Gasteiger partial charge < -0.3 is 20.1 Å². The minimum atomic E-state index is -0.543. The highest BCUT2D eigenvalue weighted by Crippen LogP contribution is 2.44. The second kappa shape index (κ2) is 6.67. The lowest BCUT2D eigenvalue weighted by atomic mass is 9.87. The molecule has 2 amide bonds. The SMILES string of the molecule is CC1Oc2ccc(NC(=O)C3c4ccccc4Oc4ccccc43)cc2NC1=O. The maximum atomic E-state index is 13.3. The van der Waals surface area contributed by atoms with Crippen molar-refractivity contribution >= 4 is 23.2 Å². The number of hydrogen-bond acceptors (Lipinski definition) is 4.